The third-order valence-electron chi connectivity index (χ3n) is 4.41. The zero-order chi connectivity index (χ0) is 21.2. The first-order valence-corrected chi connectivity index (χ1v) is 9.79. The highest BCUT2D eigenvalue weighted by Crippen LogP contribution is 2.24. The standard InChI is InChI=1S/C22H28N4O3/c1-15(2)7-6-10-18(27)26-22-20(17(21(23)29)13-14-24-22)25-19(28)12-11-16-8-4-3-5-9-16/h3-5,8-9,13-15H,6-7,10-12H2,1-2H3,(H2,23,29)(H,25,28)(H,24,26,27). The van der Waals surface area contributed by atoms with E-state index in [0.29, 0.717) is 18.8 Å². The van der Waals surface area contributed by atoms with E-state index in [1.807, 2.05) is 30.3 Å². The Bertz CT molecular complexity index is 850. The van der Waals surface area contributed by atoms with E-state index >= 15 is 0 Å². The van der Waals surface area contributed by atoms with Crippen molar-refractivity contribution in [1.82, 2.24) is 4.98 Å². The first-order valence-electron chi connectivity index (χ1n) is 9.79. The summed E-state index contributed by atoms with van der Waals surface area (Å²) in [6.07, 6.45) is 4.17. The van der Waals surface area contributed by atoms with Gasteiger partial charge in [-0.1, -0.05) is 50.6 Å². The zero-order valence-electron chi connectivity index (χ0n) is 16.9. The van der Waals surface area contributed by atoms with Crippen molar-refractivity contribution in [1.29, 1.82) is 0 Å². The Labute approximate surface area is 171 Å². The number of carbonyl (C=O) groups excluding carboxylic acids is 3. The molecule has 0 aliphatic rings. The summed E-state index contributed by atoms with van der Waals surface area (Å²) >= 11 is 0. The number of nitrogens with zero attached hydrogens (tertiary/aromatic N) is 1. The number of hydrogen-bond donors (Lipinski definition) is 3. The lowest BCUT2D eigenvalue weighted by Crippen LogP contribution is -2.22. The van der Waals surface area contributed by atoms with Gasteiger partial charge in [-0.2, -0.15) is 0 Å². The molecule has 7 nitrogen and oxygen atoms in total. The third-order valence-corrected chi connectivity index (χ3v) is 4.41. The summed E-state index contributed by atoms with van der Waals surface area (Å²) in [6.45, 7) is 4.19. The number of benzene rings is 1. The lowest BCUT2D eigenvalue weighted by Gasteiger charge is -2.14. The molecule has 1 aromatic carbocycles. The molecule has 0 atom stereocenters. The molecule has 0 saturated carbocycles. The number of pyridine rings is 1. The molecule has 7 heteroatoms. The molecule has 4 N–H and O–H groups in total. The van der Waals surface area contributed by atoms with Crippen LogP contribution in [0.25, 0.3) is 0 Å². The number of rotatable bonds is 10. The second-order valence-electron chi connectivity index (χ2n) is 7.31. The smallest absolute Gasteiger partial charge is 0.251 e. The van der Waals surface area contributed by atoms with E-state index in [1.165, 1.54) is 12.3 Å². The summed E-state index contributed by atoms with van der Waals surface area (Å²) in [5, 5.41) is 5.38. The second-order valence-corrected chi connectivity index (χ2v) is 7.31. The van der Waals surface area contributed by atoms with E-state index in [9.17, 15) is 14.4 Å². The molecule has 1 aromatic heterocycles. The van der Waals surface area contributed by atoms with Crippen LogP contribution in [0.15, 0.2) is 42.6 Å². The van der Waals surface area contributed by atoms with Crippen LogP contribution in [0.4, 0.5) is 11.5 Å². The van der Waals surface area contributed by atoms with Crippen LogP contribution < -0.4 is 16.4 Å². The summed E-state index contributed by atoms with van der Waals surface area (Å²) in [4.78, 5) is 40.6. The van der Waals surface area contributed by atoms with Crippen LogP contribution in [0.5, 0.6) is 0 Å². The Hall–Kier alpha value is -3.22. The van der Waals surface area contributed by atoms with Crippen molar-refractivity contribution in [3.63, 3.8) is 0 Å². The Morgan fingerprint density at radius 1 is 1.00 bits per heavy atom. The van der Waals surface area contributed by atoms with Crippen LogP contribution in [0.3, 0.4) is 0 Å². The minimum Gasteiger partial charge on any atom is -0.366 e. The molecule has 0 aliphatic carbocycles. The highest BCUT2D eigenvalue weighted by Gasteiger charge is 2.18. The van der Waals surface area contributed by atoms with Gasteiger partial charge in [-0.15, -0.1) is 0 Å². The van der Waals surface area contributed by atoms with Crippen LogP contribution in [-0.2, 0) is 16.0 Å². The lowest BCUT2D eigenvalue weighted by atomic mass is 10.1. The molecule has 0 spiro atoms. The molecule has 0 fully saturated rings. The molecule has 0 radical (unpaired) electrons. The maximum absolute atomic E-state index is 12.4. The molecule has 3 amide bonds. The van der Waals surface area contributed by atoms with Crippen molar-refractivity contribution < 1.29 is 14.4 Å². The van der Waals surface area contributed by atoms with Crippen molar-refractivity contribution >= 4 is 29.2 Å². The number of nitrogens with two attached hydrogens (primary N) is 1. The van der Waals surface area contributed by atoms with Crippen LogP contribution in [0, 0.1) is 5.92 Å². The quantitative estimate of drug-likeness (QED) is 0.570. The van der Waals surface area contributed by atoms with E-state index in [1.54, 1.807) is 0 Å². The van der Waals surface area contributed by atoms with Gasteiger partial charge in [-0.25, -0.2) is 4.98 Å². The normalized spacial score (nSPS) is 10.6. The van der Waals surface area contributed by atoms with Crippen molar-refractivity contribution in [3.05, 3.63) is 53.7 Å². The van der Waals surface area contributed by atoms with Gasteiger partial charge in [0, 0.05) is 19.0 Å². The molecule has 1 heterocycles. The number of anilines is 2. The molecule has 2 rings (SSSR count). The van der Waals surface area contributed by atoms with Gasteiger partial charge in [-0.05, 0) is 30.4 Å². The predicted molar refractivity (Wildman–Crippen MR) is 113 cm³/mol. The maximum Gasteiger partial charge on any atom is 0.251 e. The summed E-state index contributed by atoms with van der Waals surface area (Å²) in [5.41, 5.74) is 6.70. The van der Waals surface area contributed by atoms with Crippen molar-refractivity contribution in [2.24, 2.45) is 11.7 Å². The van der Waals surface area contributed by atoms with Gasteiger partial charge in [0.15, 0.2) is 5.82 Å². The van der Waals surface area contributed by atoms with Crippen LogP contribution >= 0.6 is 0 Å². The van der Waals surface area contributed by atoms with Gasteiger partial charge in [0.1, 0.15) is 0 Å². The summed E-state index contributed by atoms with van der Waals surface area (Å²) in [5.74, 6) is -0.581. The van der Waals surface area contributed by atoms with Crippen molar-refractivity contribution in [2.45, 2.75) is 46.0 Å². The summed E-state index contributed by atoms with van der Waals surface area (Å²) in [6, 6.07) is 11.0. The molecule has 0 bridgehead atoms. The number of aryl methyl sites for hydroxylation is 1. The monoisotopic (exact) mass is 396 g/mol. The SMILES string of the molecule is CC(C)CCCC(=O)Nc1nccc(C(N)=O)c1NC(=O)CCc1ccccc1. The molecule has 2 aromatic rings. The predicted octanol–water partition coefficient (Wildman–Crippen LogP) is 3.52. The van der Waals surface area contributed by atoms with Gasteiger partial charge >= 0.3 is 0 Å². The first-order chi connectivity index (χ1) is 13.9. The zero-order valence-corrected chi connectivity index (χ0v) is 16.9. The topological polar surface area (TPSA) is 114 Å². The Kier molecular flexibility index (Phi) is 8.33. The number of aromatic nitrogens is 1. The number of nitrogens with one attached hydrogen (secondary N) is 2. The Balaban J connectivity index is 2.08. The Morgan fingerprint density at radius 2 is 1.69 bits per heavy atom. The number of hydrogen-bond acceptors (Lipinski definition) is 4. The van der Waals surface area contributed by atoms with E-state index in [4.69, 9.17) is 5.73 Å². The van der Waals surface area contributed by atoms with E-state index < -0.39 is 5.91 Å². The van der Waals surface area contributed by atoms with Crippen molar-refractivity contribution in [3.8, 4) is 0 Å². The van der Waals surface area contributed by atoms with Gasteiger partial charge in [0.25, 0.3) is 5.91 Å². The number of amides is 3. The molecule has 0 saturated heterocycles. The average Bonchev–Trinajstić information content (AvgIpc) is 2.68. The highest BCUT2D eigenvalue weighted by atomic mass is 16.2. The fourth-order valence-electron chi connectivity index (χ4n) is 2.86. The lowest BCUT2D eigenvalue weighted by molar-refractivity contribution is -0.117. The third kappa shape index (κ3) is 7.37. The average molecular weight is 396 g/mol. The summed E-state index contributed by atoms with van der Waals surface area (Å²) in [7, 11) is 0. The van der Waals surface area contributed by atoms with Gasteiger partial charge in [0.2, 0.25) is 11.8 Å². The largest absolute Gasteiger partial charge is 0.366 e. The van der Waals surface area contributed by atoms with Gasteiger partial charge in [0.05, 0.1) is 11.3 Å². The first kappa shape index (κ1) is 22.1. The minimum absolute atomic E-state index is 0.102. The van der Waals surface area contributed by atoms with E-state index in [2.05, 4.69) is 29.5 Å². The fourth-order valence-corrected chi connectivity index (χ4v) is 2.86. The molecular formula is C22H28N4O3. The molecule has 154 valence electrons. The Morgan fingerprint density at radius 3 is 2.34 bits per heavy atom. The molecule has 0 aliphatic heterocycles. The highest BCUT2D eigenvalue weighted by molar-refractivity contribution is 6.07. The number of primary amides is 1. The fraction of sp³-hybridized carbons (Fsp3) is 0.364. The minimum atomic E-state index is -0.707. The second kappa shape index (κ2) is 10.9. The number of carbonyl (C=O) groups is 3. The van der Waals surface area contributed by atoms with E-state index in [0.717, 1.165) is 18.4 Å². The van der Waals surface area contributed by atoms with Crippen LogP contribution in [-0.4, -0.2) is 22.7 Å². The molecule has 29 heavy (non-hydrogen) atoms. The van der Waals surface area contributed by atoms with Gasteiger partial charge in [-0.3, -0.25) is 14.4 Å². The maximum atomic E-state index is 12.4. The van der Waals surface area contributed by atoms with Gasteiger partial charge < -0.3 is 16.4 Å². The summed E-state index contributed by atoms with van der Waals surface area (Å²) < 4.78 is 0. The van der Waals surface area contributed by atoms with Crippen LogP contribution in [0.1, 0.15) is 55.5 Å². The van der Waals surface area contributed by atoms with Crippen LogP contribution in [0.2, 0.25) is 0 Å². The molecular weight excluding hydrogens is 368 g/mol. The van der Waals surface area contributed by atoms with Crippen molar-refractivity contribution in [2.75, 3.05) is 10.6 Å². The molecule has 0 unspecified atom stereocenters. The van der Waals surface area contributed by atoms with E-state index in [-0.39, 0.29) is 35.3 Å².